The molecule has 0 spiro atoms. The zero-order valence-electron chi connectivity index (χ0n) is 19.4. The Morgan fingerprint density at radius 1 is 1.10 bits per heavy atom. The Kier molecular flexibility index (Phi) is 9.54. The van der Waals surface area contributed by atoms with Crippen molar-refractivity contribution in [2.75, 3.05) is 6.61 Å². The summed E-state index contributed by atoms with van der Waals surface area (Å²) in [5, 5.41) is 25.0. The van der Waals surface area contributed by atoms with E-state index < -0.39 is 0 Å². The van der Waals surface area contributed by atoms with Gasteiger partial charge in [-0.25, -0.2) is 0 Å². The van der Waals surface area contributed by atoms with Crippen LogP contribution in [-0.2, 0) is 11.8 Å². The monoisotopic (exact) mass is 431 g/mol. The summed E-state index contributed by atoms with van der Waals surface area (Å²) in [6.45, 7) is 9.08. The van der Waals surface area contributed by atoms with E-state index in [0.29, 0.717) is 6.61 Å². The van der Waals surface area contributed by atoms with Gasteiger partial charge >= 0.3 is 29.6 Å². The summed E-state index contributed by atoms with van der Waals surface area (Å²) < 4.78 is 6.03. The van der Waals surface area contributed by atoms with E-state index in [-0.39, 0.29) is 40.7 Å². The predicted molar refractivity (Wildman–Crippen MR) is 119 cm³/mol. The zero-order chi connectivity index (χ0) is 21.6. The number of nitrogens with one attached hydrogen (secondary N) is 1. The number of benzene rings is 2. The smallest absolute Gasteiger partial charge is 0.507 e. The first-order valence-corrected chi connectivity index (χ1v) is 10.7. The Morgan fingerprint density at radius 2 is 1.90 bits per heavy atom. The Balaban J connectivity index is 0.00000341. The van der Waals surface area contributed by atoms with Crippen LogP contribution < -0.4 is 34.3 Å². The van der Waals surface area contributed by atoms with Crippen molar-refractivity contribution < 1.29 is 39.4 Å². The topological polar surface area (TPSA) is 83.9 Å². The van der Waals surface area contributed by atoms with Crippen LogP contribution in [0.2, 0.25) is 0 Å². The standard InChI is InChI=1S/C24H32N4O2.Na/c1-5-18-15-20(19-11-9-10-17(2)14-19)21(29)16-22(18)30-13-8-6-7-12-24(3,4)23-25-27-28-26-23;/h9-11,14-16,29H,5-8,12-13H2,1-4H3,(H,25,26,27,28);/q;+1. The maximum absolute atomic E-state index is 10.6. The van der Waals surface area contributed by atoms with Gasteiger partial charge in [-0.2, -0.15) is 5.21 Å². The molecule has 0 fully saturated rings. The Bertz CT molecular complexity index is 958. The van der Waals surface area contributed by atoms with Crippen LogP contribution in [0.15, 0.2) is 36.4 Å². The van der Waals surface area contributed by atoms with Crippen molar-refractivity contribution in [1.29, 1.82) is 0 Å². The van der Waals surface area contributed by atoms with E-state index in [0.717, 1.165) is 60.4 Å². The minimum Gasteiger partial charge on any atom is -0.507 e. The van der Waals surface area contributed by atoms with Gasteiger partial charge < -0.3 is 9.84 Å². The van der Waals surface area contributed by atoms with Gasteiger partial charge in [0.2, 0.25) is 0 Å². The second-order valence-electron chi connectivity index (χ2n) is 8.48. The summed E-state index contributed by atoms with van der Waals surface area (Å²) in [4.78, 5) is 0. The molecule has 0 atom stereocenters. The van der Waals surface area contributed by atoms with E-state index in [1.165, 1.54) is 5.56 Å². The fourth-order valence-electron chi connectivity index (χ4n) is 3.66. The van der Waals surface area contributed by atoms with Crippen molar-refractivity contribution in [1.82, 2.24) is 20.6 Å². The number of tetrazole rings is 1. The molecule has 0 radical (unpaired) electrons. The van der Waals surface area contributed by atoms with Crippen LogP contribution in [0.1, 0.15) is 63.4 Å². The van der Waals surface area contributed by atoms with Crippen molar-refractivity contribution >= 4 is 0 Å². The number of unbranched alkanes of at least 4 members (excludes halogenated alkanes) is 2. The summed E-state index contributed by atoms with van der Waals surface area (Å²) in [5.74, 6) is 1.80. The van der Waals surface area contributed by atoms with Crippen LogP contribution in [-0.4, -0.2) is 32.3 Å². The third-order valence-electron chi connectivity index (χ3n) is 5.54. The number of H-pyrrole nitrogens is 1. The van der Waals surface area contributed by atoms with Crippen LogP contribution >= 0.6 is 0 Å². The molecule has 2 N–H and O–H groups in total. The molecule has 0 unspecified atom stereocenters. The van der Waals surface area contributed by atoms with Gasteiger partial charge in [-0.05, 0) is 43.4 Å². The molecular formula is C24H32N4NaO2+. The molecule has 0 amide bonds. The van der Waals surface area contributed by atoms with E-state index in [4.69, 9.17) is 4.74 Å². The average Bonchev–Trinajstić information content (AvgIpc) is 3.26. The van der Waals surface area contributed by atoms with Crippen molar-refractivity contribution in [2.45, 2.75) is 65.2 Å². The molecule has 6 nitrogen and oxygen atoms in total. The summed E-state index contributed by atoms with van der Waals surface area (Å²) in [6.07, 6.45) is 4.96. The van der Waals surface area contributed by atoms with Gasteiger partial charge in [0, 0.05) is 17.0 Å². The molecule has 7 heteroatoms. The molecule has 2 aromatic carbocycles. The fourth-order valence-corrected chi connectivity index (χ4v) is 3.66. The first kappa shape index (κ1) is 25.4. The van der Waals surface area contributed by atoms with Gasteiger partial charge in [-0.3, -0.25) is 0 Å². The zero-order valence-corrected chi connectivity index (χ0v) is 21.4. The Hall–Kier alpha value is -1.89. The summed E-state index contributed by atoms with van der Waals surface area (Å²) >= 11 is 0. The molecule has 0 saturated carbocycles. The quantitative estimate of drug-likeness (QED) is 0.380. The molecule has 3 aromatic rings. The van der Waals surface area contributed by atoms with Gasteiger partial charge in [0.1, 0.15) is 11.5 Å². The second-order valence-corrected chi connectivity index (χ2v) is 8.48. The normalized spacial score (nSPS) is 11.2. The number of aryl methyl sites for hydroxylation is 2. The van der Waals surface area contributed by atoms with Crippen molar-refractivity contribution in [3.05, 3.63) is 53.3 Å². The number of hydrogen-bond donors (Lipinski definition) is 2. The third kappa shape index (κ3) is 6.79. The molecule has 0 aliphatic carbocycles. The third-order valence-corrected chi connectivity index (χ3v) is 5.54. The van der Waals surface area contributed by atoms with Crippen molar-refractivity contribution in [2.24, 2.45) is 0 Å². The van der Waals surface area contributed by atoms with Crippen molar-refractivity contribution in [3.8, 4) is 22.6 Å². The second kappa shape index (κ2) is 11.7. The Morgan fingerprint density at radius 3 is 2.58 bits per heavy atom. The summed E-state index contributed by atoms with van der Waals surface area (Å²) in [5.41, 5.74) is 4.08. The van der Waals surface area contributed by atoms with Crippen LogP contribution in [0, 0.1) is 6.92 Å². The molecule has 1 heterocycles. The van der Waals surface area contributed by atoms with Gasteiger partial charge in [-0.1, -0.05) is 68.7 Å². The van der Waals surface area contributed by atoms with Gasteiger partial charge in [0.25, 0.3) is 0 Å². The number of phenolic OH excluding ortho intramolecular Hbond substituents is 1. The molecule has 160 valence electrons. The molecule has 0 bridgehead atoms. The minimum atomic E-state index is -0.0827. The van der Waals surface area contributed by atoms with E-state index in [1.807, 2.05) is 18.2 Å². The summed E-state index contributed by atoms with van der Waals surface area (Å²) in [7, 11) is 0. The van der Waals surface area contributed by atoms with Crippen LogP contribution in [0.5, 0.6) is 11.5 Å². The SMILES string of the molecule is CCc1cc(-c2cccc(C)c2)c(O)cc1OCCCCCC(C)(C)c1nn[nH]n1.[Na+]. The molecule has 3 rings (SSSR count). The molecule has 0 aliphatic rings. The number of nitrogens with zero attached hydrogens (tertiary/aromatic N) is 3. The molecule has 0 aliphatic heterocycles. The molecule has 0 saturated heterocycles. The van der Waals surface area contributed by atoms with E-state index in [1.54, 1.807) is 6.07 Å². The molecule has 31 heavy (non-hydrogen) atoms. The maximum atomic E-state index is 10.6. The van der Waals surface area contributed by atoms with Crippen molar-refractivity contribution in [3.63, 3.8) is 0 Å². The molecule has 1 aromatic heterocycles. The number of phenols is 1. The molecular weight excluding hydrogens is 399 g/mol. The number of rotatable bonds is 10. The van der Waals surface area contributed by atoms with E-state index >= 15 is 0 Å². The first-order chi connectivity index (χ1) is 14.4. The largest absolute Gasteiger partial charge is 1.00 e. The van der Waals surface area contributed by atoms with Gasteiger partial charge in [0.15, 0.2) is 5.82 Å². The summed E-state index contributed by atoms with van der Waals surface area (Å²) in [6, 6.07) is 12.0. The maximum Gasteiger partial charge on any atom is 1.00 e. The number of ether oxygens (including phenoxy) is 1. The number of aromatic nitrogens is 4. The minimum absolute atomic E-state index is 0. The average molecular weight is 432 g/mol. The van der Waals surface area contributed by atoms with E-state index in [9.17, 15) is 5.11 Å². The van der Waals surface area contributed by atoms with Crippen LogP contribution in [0.4, 0.5) is 0 Å². The number of hydrogen-bond acceptors (Lipinski definition) is 5. The number of aromatic amines is 1. The predicted octanol–water partition coefficient (Wildman–Crippen LogP) is 2.36. The van der Waals surface area contributed by atoms with Gasteiger partial charge in [0.05, 0.1) is 6.61 Å². The van der Waals surface area contributed by atoms with Crippen LogP contribution in [0.25, 0.3) is 11.1 Å². The van der Waals surface area contributed by atoms with Gasteiger partial charge in [-0.15, -0.1) is 10.2 Å². The first-order valence-electron chi connectivity index (χ1n) is 10.7. The van der Waals surface area contributed by atoms with E-state index in [2.05, 4.69) is 60.5 Å². The Labute approximate surface area is 207 Å². The number of aromatic hydroxyl groups is 1. The fraction of sp³-hybridized carbons (Fsp3) is 0.458. The van der Waals surface area contributed by atoms with Crippen LogP contribution in [0.3, 0.4) is 0 Å².